The molecule has 1 aliphatic rings. The number of nitrogens with one attached hydrogen (secondary N) is 2. The average molecular weight is 152 g/mol. The molecular weight excluding hydrogens is 138 g/mol. The van der Waals surface area contributed by atoms with Crippen LogP contribution >= 0.6 is 0 Å². The van der Waals surface area contributed by atoms with E-state index in [0.29, 0.717) is 6.04 Å². The van der Waals surface area contributed by atoms with Crippen LogP contribution in [0.2, 0.25) is 0 Å². The summed E-state index contributed by atoms with van der Waals surface area (Å²) in [6.45, 7) is 2.31. The third-order valence-electron chi connectivity index (χ3n) is 2.30. The molecule has 2 N–H and O–H groups in total. The zero-order chi connectivity index (χ0) is 7.52. The van der Waals surface area contributed by atoms with E-state index < -0.39 is 0 Å². The Balaban J connectivity index is 2.04. The normalized spacial score (nSPS) is 20.4. The van der Waals surface area contributed by atoms with Gasteiger partial charge < -0.3 is 5.32 Å². The molecule has 0 spiro atoms. The molecule has 1 fully saturated rings. The van der Waals surface area contributed by atoms with Gasteiger partial charge in [-0.2, -0.15) is 0 Å². The van der Waals surface area contributed by atoms with Gasteiger partial charge in [-0.3, -0.25) is 4.98 Å². The lowest BCUT2D eigenvalue weighted by Gasteiger charge is -2.19. The summed E-state index contributed by atoms with van der Waals surface area (Å²) in [5, 5.41) is 3.35. The van der Waals surface area contributed by atoms with Crippen molar-refractivity contribution in [2.75, 3.05) is 13.1 Å². The zero-order valence-electron chi connectivity index (χ0n) is 6.59. The third kappa shape index (κ3) is 1.43. The first-order valence-corrected chi connectivity index (χ1v) is 4.21. The summed E-state index contributed by atoms with van der Waals surface area (Å²) >= 11 is 0. The van der Waals surface area contributed by atoms with Crippen molar-refractivity contribution >= 4 is 0 Å². The number of nitrogens with zero attached hydrogens (tertiary/aromatic N) is 1. The van der Waals surface area contributed by atoms with E-state index >= 15 is 0 Å². The number of hydrogen-bond acceptors (Lipinski definition) is 1. The SMILES string of the molecule is c1c[n+](C2CCNCC2)c[nH]1. The minimum absolute atomic E-state index is 0.711. The molecule has 0 atom stereocenters. The van der Waals surface area contributed by atoms with E-state index in [1.807, 2.05) is 12.5 Å². The predicted octanol–water partition coefficient (Wildman–Crippen LogP) is 0.227. The molecule has 2 heterocycles. The molecule has 1 aliphatic heterocycles. The number of rotatable bonds is 1. The molecular formula is C8H14N3+. The first-order valence-electron chi connectivity index (χ1n) is 4.21. The molecule has 2 rings (SSSR count). The molecule has 1 aromatic heterocycles. The van der Waals surface area contributed by atoms with Crippen LogP contribution in [-0.4, -0.2) is 18.1 Å². The summed E-state index contributed by atoms with van der Waals surface area (Å²) in [6, 6.07) is 0.711. The monoisotopic (exact) mass is 152 g/mol. The Morgan fingerprint density at radius 1 is 1.27 bits per heavy atom. The first kappa shape index (κ1) is 6.85. The van der Waals surface area contributed by atoms with Crippen LogP contribution in [-0.2, 0) is 0 Å². The van der Waals surface area contributed by atoms with Gasteiger partial charge in [-0.1, -0.05) is 0 Å². The zero-order valence-corrected chi connectivity index (χ0v) is 6.59. The van der Waals surface area contributed by atoms with Crippen molar-refractivity contribution in [2.24, 2.45) is 0 Å². The highest BCUT2D eigenvalue weighted by Crippen LogP contribution is 2.09. The van der Waals surface area contributed by atoms with Crippen LogP contribution in [0.1, 0.15) is 18.9 Å². The van der Waals surface area contributed by atoms with E-state index in [1.165, 1.54) is 12.8 Å². The number of piperidine rings is 1. The van der Waals surface area contributed by atoms with Crippen molar-refractivity contribution in [3.63, 3.8) is 0 Å². The smallest absolute Gasteiger partial charge is 0.241 e. The Labute approximate surface area is 66.4 Å². The highest BCUT2D eigenvalue weighted by molar-refractivity contribution is 4.66. The van der Waals surface area contributed by atoms with E-state index in [-0.39, 0.29) is 0 Å². The van der Waals surface area contributed by atoms with E-state index in [1.54, 1.807) is 0 Å². The lowest BCUT2D eigenvalue weighted by molar-refractivity contribution is -0.723. The van der Waals surface area contributed by atoms with Crippen molar-refractivity contribution < 1.29 is 4.57 Å². The van der Waals surface area contributed by atoms with E-state index in [0.717, 1.165) is 13.1 Å². The number of aromatic nitrogens is 2. The fourth-order valence-corrected chi connectivity index (χ4v) is 1.63. The van der Waals surface area contributed by atoms with Gasteiger partial charge in [0, 0.05) is 12.8 Å². The maximum atomic E-state index is 3.35. The second-order valence-corrected chi connectivity index (χ2v) is 3.04. The fourth-order valence-electron chi connectivity index (χ4n) is 1.63. The largest absolute Gasteiger partial charge is 0.316 e. The average Bonchev–Trinajstić information content (AvgIpc) is 2.58. The summed E-state index contributed by atoms with van der Waals surface area (Å²) in [5.74, 6) is 0. The van der Waals surface area contributed by atoms with Crippen molar-refractivity contribution in [1.82, 2.24) is 10.3 Å². The van der Waals surface area contributed by atoms with Crippen LogP contribution in [0.3, 0.4) is 0 Å². The van der Waals surface area contributed by atoms with Gasteiger partial charge >= 0.3 is 0 Å². The maximum absolute atomic E-state index is 3.35. The molecule has 0 saturated carbocycles. The molecule has 60 valence electrons. The Morgan fingerprint density at radius 2 is 2.09 bits per heavy atom. The lowest BCUT2D eigenvalue weighted by Crippen LogP contribution is -2.43. The van der Waals surface area contributed by atoms with Crippen molar-refractivity contribution in [3.8, 4) is 0 Å². The van der Waals surface area contributed by atoms with Gasteiger partial charge in [0.05, 0.1) is 0 Å². The second-order valence-electron chi connectivity index (χ2n) is 3.04. The van der Waals surface area contributed by atoms with Gasteiger partial charge in [0.15, 0.2) is 0 Å². The number of H-pyrrole nitrogens is 1. The van der Waals surface area contributed by atoms with Gasteiger partial charge in [-0.25, -0.2) is 4.57 Å². The maximum Gasteiger partial charge on any atom is 0.241 e. The molecule has 0 amide bonds. The Kier molecular flexibility index (Phi) is 1.90. The summed E-state index contributed by atoms with van der Waals surface area (Å²) in [7, 11) is 0. The van der Waals surface area contributed by atoms with Gasteiger partial charge in [-0.15, -0.1) is 0 Å². The highest BCUT2D eigenvalue weighted by atomic mass is 15.1. The van der Waals surface area contributed by atoms with Gasteiger partial charge in [-0.05, 0) is 13.1 Å². The predicted molar refractivity (Wildman–Crippen MR) is 42.1 cm³/mol. The molecule has 11 heavy (non-hydrogen) atoms. The molecule has 3 nitrogen and oxygen atoms in total. The van der Waals surface area contributed by atoms with E-state index in [2.05, 4.69) is 21.1 Å². The Bertz CT molecular complexity index is 199. The standard InChI is InChI=1S/C8H13N3/c1-3-9-4-2-8(1)11-6-5-10-7-11/h5-9H,1-4H2/p+1. The van der Waals surface area contributed by atoms with Crippen LogP contribution in [0.5, 0.6) is 0 Å². The topological polar surface area (TPSA) is 31.7 Å². The van der Waals surface area contributed by atoms with Crippen LogP contribution in [0.4, 0.5) is 0 Å². The first-order chi connectivity index (χ1) is 5.47. The number of aromatic amines is 1. The van der Waals surface area contributed by atoms with Crippen molar-refractivity contribution in [2.45, 2.75) is 18.9 Å². The molecule has 1 aromatic rings. The number of imidazole rings is 1. The van der Waals surface area contributed by atoms with E-state index in [4.69, 9.17) is 0 Å². The van der Waals surface area contributed by atoms with Crippen molar-refractivity contribution in [3.05, 3.63) is 18.7 Å². The van der Waals surface area contributed by atoms with Crippen LogP contribution < -0.4 is 9.88 Å². The van der Waals surface area contributed by atoms with Gasteiger partial charge in [0.1, 0.15) is 18.4 Å². The summed E-state index contributed by atoms with van der Waals surface area (Å²) < 4.78 is 2.26. The quantitative estimate of drug-likeness (QED) is 0.554. The second kappa shape index (κ2) is 3.05. The highest BCUT2D eigenvalue weighted by Gasteiger charge is 2.17. The molecule has 1 saturated heterocycles. The Morgan fingerprint density at radius 3 is 2.73 bits per heavy atom. The van der Waals surface area contributed by atoms with Crippen molar-refractivity contribution in [1.29, 1.82) is 0 Å². The van der Waals surface area contributed by atoms with Gasteiger partial charge in [0.25, 0.3) is 0 Å². The molecule has 0 aliphatic carbocycles. The molecule has 3 heteroatoms. The fraction of sp³-hybridized carbons (Fsp3) is 0.625. The van der Waals surface area contributed by atoms with Crippen LogP contribution in [0, 0.1) is 0 Å². The molecule has 0 unspecified atom stereocenters. The molecule has 0 radical (unpaired) electrons. The summed E-state index contributed by atoms with van der Waals surface area (Å²) in [5.41, 5.74) is 0. The minimum atomic E-state index is 0.711. The summed E-state index contributed by atoms with van der Waals surface area (Å²) in [6.07, 6.45) is 8.62. The van der Waals surface area contributed by atoms with E-state index in [9.17, 15) is 0 Å². The lowest BCUT2D eigenvalue weighted by atomic mass is 10.1. The number of hydrogen-bond donors (Lipinski definition) is 2. The minimum Gasteiger partial charge on any atom is -0.316 e. The third-order valence-corrected chi connectivity index (χ3v) is 2.30. The Hall–Kier alpha value is -0.830. The van der Waals surface area contributed by atoms with Crippen LogP contribution in [0.15, 0.2) is 18.7 Å². The van der Waals surface area contributed by atoms with Crippen LogP contribution in [0.25, 0.3) is 0 Å². The summed E-state index contributed by atoms with van der Waals surface area (Å²) in [4.78, 5) is 3.07. The molecule has 0 aromatic carbocycles. The van der Waals surface area contributed by atoms with Gasteiger partial charge in [0.2, 0.25) is 6.33 Å². The molecule has 0 bridgehead atoms.